The van der Waals surface area contributed by atoms with Crippen molar-refractivity contribution in [1.29, 1.82) is 0 Å². The smallest absolute Gasteiger partial charge is 0.361 e. The van der Waals surface area contributed by atoms with Crippen LogP contribution in [0.5, 0.6) is 0 Å². The van der Waals surface area contributed by atoms with Crippen LogP contribution in [0.4, 0.5) is 0 Å². The molecule has 0 rings (SSSR count). The maximum absolute atomic E-state index is 11.9. The highest BCUT2D eigenvalue weighted by molar-refractivity contribution is 5.70. The molecule has 0 amide bonds. The molecule has 0 aliphatic heterocycles. The van der Waals surface area contributed by atoms with E-state index < -0.39 is 0 Å². The molecular weight excluding hydrogens is 347 g/mol. The lowest BCUT2D eigenvalue weighted by atomic mass is 10.1. The molecule has 0 aromatic heterocycles. The number of carbonyl (C=O) groups is 1. The Morgan fingerprint density at radius 3 is 1.92 bits per heavy atom. The number of ether oxygens (including phenoxy) is 1. The first-order chi connectivity index (χ1) is 10.4. The minimum atomic E-state index is -0.0632. The average Bonchev–Trinajstić information content (AvgIpc) is 2.43. The molecule has 0 aromatic rings. The van der Waals surface area contributed by atoms with Gasteiger partial charge in [-0.05, 0) is 20.5 Å². The number of nitrogens with zero attached hydrogens (tertiary/aromatic N) is 2. The fraction of sp³-hybridized carbons (Fsp3) is 0.944. The molecule has 0 heterocycles. The second-order valence-corrected chi connectivity index (χ2v) is 7.32. The summed E-state index contributed by atoms with van der Waals surface area (Å²) in [5.41, 5.74) is 0. The van der Waals surface area contributed by atoms with Crippen molar-refractivity contribution < 1.29 is 38.8 Å². The molecule has 0 radical (unpaired) electrons. The second kappa shape index (κ2) is 17.8. The van der Waals surface area contributed by atoms with Gasteiger partial charge in [0.15, 0.2) is 6.54 Å². The number of carbonyl (C=O) groups excluding carboxylic acids is 1. The van der Waals surface area contributed by atoms with Crippen molar-refractivity contribution in [3.8, 4) is 0 Å². The molecule has 6 heteroatoms. The molecule has 0 aromatic carbocycles. The van der Waals surface area contributed by atoms with E-state index in [9.17, 15) is 4.79 Å². The number of likely N-dealkylation sites (N-methyl/N-ethyl adjacent to an activating group) is 2. The summed E-state index contributed by atoms with van der Waals surface area (Å²) < 4.78 is 6.05. The molecule has 0 aliphatic carbocycles. The van der Waals surface area contributed by atoms with Gasteiger partial charge in [-0.1, -0.05) is 51.9 Å². The number of quaternary nitrogens is 1. The first-order valence-electron chi connectivity index (χ1n) is 9.00. The quantitative estimate of drug-likeness (QED) is 0.185. The minimum absolute atomic E-state index is 0. The van der Waals surface area contributed by atoms with Gasteiger partial charge < -0.3 is 38.9 Å². The first-order valence-corrected chi connectivity index (χ1v) is 9.00. The highest BCUT2D eigenvalue weighted by atomic mass is 35.5. The van der Waals surface area contributed by atoms with Crippen molar-refractivity contribution in [2.75, 3.05) is 54.4 Å². The van der Waals surface area contributed by atoms with Gasteiger partial charge in [-0.15, -0.1) is 0 Å². The van der Waals surface area contributed by atoms with Gasteiger partial charge in [-0.25, -0.2) is 4.79 Å². The molecule has 0 unspecified atom stereocenters. The summed E-state index contributed by atoms with van der Waals surface area (Å²) >= 11 is 0. The number of unbranched alkanes of at least 4 members (excludes halogenated alkanes) is 7. The van der Waals surface area contributed by atoms with E-state index in [-0.39, 0.29) is 30.8 Å². The lowest BCUT2D eigenvalue weighted by molar-refractivity contribution is -0.882. The lowest BCUT2D eigenvalue weighted by Crippen LogP contribution is -3.00. The van der Waals surface area contributed by atoms with Gasteiger partial charge in [0, 0.05) is 6.54 Å². The SMILES string of the molecule is CCCCCCCCCCOC(=O)C[N+](C)(C)CCN(C)C.[Cl-].[Cl-]. The van der Waals surface area contributed by atoms with Crippen LogP contribution in [-0.2, 0) is 9.53 Å². The van der Waals surface area contributed by atoms with Crippen LogP contribution in [0.25, 0.3) is 0 Å². The molecule has 0 fully saturated rings. The van der Waals surface area contributed by atoms with Gasteiger partial charge >= 0.3 is 5.97 Å². The van der Waals surface area contributed by atoms with E-state index in [4.69, 9.17) is 4.74 Å². The van der Waals surface area contributed by atoms with Crippen molar-refractivity contribution in [3.05, 3.63) is 0 Å². The van der Waals surface area contributed by atoms with Crippen LogP contribution in [0.3, 0.4) is 0 Å². The van der Waals surface area contributed by atoms with E-state index in [1.54, 1.807) is 0 Å². The van der Waals surface area contributed by atoms with Crippen LogP contribution in [0.15, 0.2) is 0 Å². The standard InChI is InChI=1S/C18H39N2O2.2ClH/c1-6-7-8-9-10-11-12-13-16-22-18(21)17-20(4,5)15-14-19(2)3;;/h6-17H2,1-5H3;2*1H/q+1;;/p-2. The van der Waals surface area contributed by atoms with Crippen molar-refractivity contribution >= 4 is 5.97 Å². The Morgan fingerprint density at radius 2 is 1.42 bits per heavy atom. The lowest BCUT2D eigenvalue weighted by Gasteiger charge is -2.29. The van der Waals surface area contributed by atoms with E-state index in [1.165, 1.54) is 44.9 Å². The third kappa shape index (κ3) is 20.0. The Bertz CT molecular complexity index is 288. The van der Waals surface area contributed by atoms with Crippen LogP contribution in [-0.4, -0.2) is 69.8 Å². The summed E-state index contributed by atoms with van der Waals surface area (Å²) in [5.74, 6) is -0.0632. The molecular formula is C18H39Cl2N2O2-. The predicted octanol–water partition coefficient (Wildman–Crippen LogP) is -2.68. The van der Waals surface area contributed by atoms with Crippen molar-refractivity contribution in [2.45, 2.75) is 58.3 Å². The number of hydrogen-bond acceptors (Lipinski definition) is 3. The summed E-state index contributed by atoms with van der Waals surface area (Å²) in [4.78, 5) is 14.0. The molecule has 0 aliphatic rings. The van der Waals surface area contributed by atoms with Crippen LogP contribution in [0.1, 0.15) is 58.3 Å². The number of rotatable bonds is 14. The van der Waals surface area contributed by atoms with E-state index in [0.29, 0.717) is 17.6 Å². The summed E-state index contributed by atoms with van der Waals surface area (Å²) in [6.07, 6.45) is 10.2. The summed E-state index contributed by atoms with van der Waals surface area (Å²) in [5, 5.41) is 0. The Morgan fingerprint density at radius 1 is 0.917 bits per heavy atom. The highest BCUT2D eigenvalue weighted by Crippen LogP contribution is 2.08. The zero-order valence-electron chi connectivity index (χ0n) is 16.5. The molecule has 0 spiro atoms. The van der Waals surface area contributed by atoms with Gasteiger partial charge in [0.05, 0.1) is 27.2 Å². The van der Waals surface area contributed by atoms with E-state index >= 15 is 0 Å². The topological polar surface area (TPSA) is 29.5 Å². The maximum Gasteiger partial charge on any atom is 0.361 e. The number of hydrogen-bond donors (Lipinski definition) is 0. The van der Waals surface area contributed by atoms with Crippen LogP contribution >= 0.6 is 0 Å². The third-order valence-electron chi connectivity index (χ3n) is 3.97. The van der Waals surface area contributed by atoms with Crippen molar-refractivity contribution in [2.24, 2.45) is 0 Å². The summed E-state index contributed by atoms with van der Waals surface area (Å²) in [7, 11) is 8.28. The van der Waals surface area contributed by atoms with Crippen LogP contribution in [0.2, 0.25) is 0 Å². The normalized spacial score (nSPS) is 10.9. The van der Waals surface area contributed by atoms with E-state index in [1.807, 2.05) is 0 Å². The Labute approximate surface area is 162 Å². The Balaban J connectivity index is -0.00000220. The molecule has 0 saturated carbocycles. The van der Waals surface area contributed by atoms with Gasteiger partial charge in [-0.3, -0.25) is 0 Å². The maximum atomic E-state index is 11.9. The average molecular weight is 386 g/mol. The Hall–Kier alpha value is -0.0300. The van der Waals surface area contributed by atoms with Crippen LogP contribution < -0.4 is 24.8 Å². The van der Waals surface area contributed by atoms with Gasteiger partial charge in [0.2, 0.25) is 0 Å². The highest BCUT2D eigenvalue weighted by Gasteiger charge is 2.20. The Kier molecular flexibility index (Phi) is 21.3. The first kappa shape index (κ1) is 28.8. The molecule has 0 atom stereocenters. The summed E-state index contributed by atoms with van der Waals surface area (Å²) in [6.45, 7) is 5.24. The van der Waals surface area contributed by atoms with Gasteiger partial charge in [0.1, 0.15) is 0 Å². The fourth-order valence-corrected chi connectivity index (χ4v) is 2.37. The number of esters is 1. The largest absolute Gasteiger partial charge is 1.00 e. The van der Waals surface area contributed by atoms with Crippen molar-refractivity contribution in [3.63, 3.8) is 0 Å². The molecule has 0 bridgehead atoms. The zero-order valence-corrected chi connectivity index (χ0v) is 18.0. The molecule has 0 saturated heterocycles. The fourth-order valence-electron chi connectivity index (χ4n) is 2.37. The minimum Gasteiger partial charge on any atom is -1.00 e. The number of halogens is 2. The van der Waals surface area contributed by atoms with Crippen LogP contribution in [0, 0.1) is 0 Å². The van der Waals surface area contributed by atoms with Crippen molar-refractivity contribution in [1.82, 2.24) is 4.90 Å². The van der Waals surface area contributed by atoms with Gasteiger partial charge in [0.25, 0.3) is 0 Å². The second-order valence-electron chi connectivity index (χ2n) is 7.32. The van der Waals surface area contributed by atoms with Gasteiger partial charge in [-0.2, -0.15) is 0 Å². The monoisotopic (exact) mass is 385 g/mol. The van der Waals surface area contributed by atoms with E-state index in [2.05, 4.69) is 40.0 Å². The molecule has 0 N–H and O–H groups in total. The molecule has 24 heavy (non-hydrogen) atoms. The predicted molar refractivity (Wildman–Crippen MR) is 94.0 cm³/mol. The summed E-state index contributed by atoms with van der Waals surface area (Å²) in [6, 6.07) is 0. The zero-order chi connectivity index (χ0) is 16.8. The molecule has 4 nitrogen and oxygen atoms in total. The third-order valence-corrected chi connectivity index (χ3v) is 3.97. The van der Waals surface area contributed by atoms with E-state index in [0.717, 1.165) is 19.5 Å². The molecule has 148 valence electrons.